The van der Waals surface area contributed by atoms with Gasteiger partial charge >= 0.3 is 0 Å². The number of benzene rings is 1. The van der Waals surface area contributed by atoms with Gasteiger partial charge in [0.2, 0.25) is 5.95 Å². The molecule has 27 heavy (non-hydrogen) atoms. The molecule has 144 valence electrons. The molecule has 1 atom stereocenters. The van der Waals surface area contributed by atoms with Crippen molar-refractivity contribution < 1.29 is 10.2 Å². The van der Waals surface area contributed by atoms with Crippen molar-refractivity contribution in [2.45, 2.75) is 45.9 Å². The molecule has 3 rings (SSSR count). The number of aliphatic hydroxyl groups is 1. The first kappa shape index (κ1) is 18.9. The number of anilines is 2. The largest absolute Gasteiger partial charge is 0.508 e. The number of phenols is 1. The summed E-state index contributed by atoms with van der Waals surface area (Å²) >= 11 is 0. The molecule has 0 aliphatic carbocycles. The number of aromatic nitrogens is 4. The summed E-state index contributed by atoms with van der Waals surface area (Å²) in [6.07, 6.45) is 1.68. The highest BCUT2D eigenvalue weighted by Crippen LogP contribution is 2.24. The molecular formula is C19H26N6O2. The smallest absolute Gasteiger partial charge is 0.227 e. The summed E-state index contributed by atoms with van der Waals surface area (Å²) in [4.78, 5) is 13.4. The van der Waals surface area contributed by atoms with Gasteiger partial charge in [-0.1, -0.05) is 17.7 Å². The van der Waals surface area contributed by atoms with E-state index in [1.165, 1.54) is 0 Å². The minimum atomic E-state index is -0.925. The Hall–Kier alpha value is -2.87. The predicted molar refractivity (Wildman–Crippen MR) is 106 cm³/mol. The number of fused-ring (bicyclic) bond motifs is 1. The molecule has 8 nitrogen and oxygen atoms in total. The Labute approximate surface area is 158 Å². The van der Waals surface area contributed by atoms with E-state index in [4.69, 9.17) is 0 Å². The van der Waals surface area contributed by atoms with Crippen molar-refractivity contribution in [3.63, 3.8) is 0 Å². The van der Waals surface area contributed by atoms with Crippen LogP contribution in [-0.4, -0.2) is 41.4 Å². The molecule has 0 saturated heterocycles. The zero-order valence-corrected chi connectivity index (χ0v) is 16.3. The molecule has 0 spiro atoms. The fourth-order valence-electron chi connectivity index (χ4n) is 2.60. The maximum absolute atomic E-state index is 10.2. The normalized spacial score (nSPS) is 13.0. The Morgan fingerprint density at radius 1 is 1.26 bits per heavy atom. The average Bonchev–Trinajstić information content (AvgIpc) is 2.96. The van der Waals surface area contributed by atoms with Gasteiger partial charge in [-0.3, -0.25) is 0 Å². The third kappa shape index (κ3) is 4.11. The second-order valence-corrected chi connectivity index (χ2v) is 7.43. The van der Waals surface area contributed by atoms with E-state index >= 15 is 0 Å². The molecule has 3 aromatic rings. The summed E-state index contributed by atoms with van der Waals surface area (Å²) in [6.45, 7) is 7.70. The van der Waals surface area contributed by atoms with Crippen LogP contribution in [0.1, 0.15) is 31.9 Å². The lowest BCUT2D eigenvalue weighted by molar-refractivity contribution is 0.0646. The zero-order valence-electron chi connectivity index (χ0n) is 16.3. The van der Waals surface area contributed by atoms with Gasteiger partial charge in [-0.25, -0.2) is 4.98 Å². The number of aromatic hydroxyl groups is 1. The van der Waals surface area contributed by atoms with Gasteiger partial charge < -0.3 is 25.4 Å². The van der Waals surface area contributed by atoms with E-state index in [1.54, 1.807) is 26.2 Å². The molecule has 0 fully saturated rings. The number of nitrogens with one attached hydrogen (secondary N) is 2. The van der Waals surface area contributed by atoms with Crippen molar-refractivity contribution in [3.8, 4) is 5.75 Å². The highest BCUT2D eigenvalue weighted by atomic mass is 16.3. The van der Waals surface area contributed by atoms with Gasteiger partial charge in [0.05, 0.1) is 18.0 Å². The van der Waals surface area contributed by atoms with Crippen LogP contribution >= 0.6 is 0 Å². The van der Waals surface area contributed by atoms with Crippen molar-refractivity contribution in [1.82, 2.24) is 19.5 Å². The summed E-state index contributed by atoms with van der Waals surface area (Å²) in [6, 6.07) is 5.22. The monoisotopic (exact) mass is 370 g/mol. The average molecular weight is 370 g/mol. The maximum Gasteiger partial charge on any atom is 0.227 e. The standard InChI is InChI=1S/C19H26N6O2/c1-11-6-7-14(26)13(8-11)9-20-16-15-17(25(5)10-21-15)24-18(23-16)22-12(2)19(3,4)27/h6-8,10,12,26-27H,9H2,1-5H3,(H2,20,22,23,24). The van der Waals surface area contributed by atoms with Crippen molar-refractivity contribution >= 4 is 22.9 Å². The minimum absolute atomic E-state index is 0.230. The topological polar surface area (TPSA) is 108 Å². The third-order valence-electron chi connectivity index (χ3n) is 4.65. The predicted octanol–water partition coefficient (Wildman–Crippen LogP) is 2.56. The van der Waals surface area contributed by atoms with E-state index in [-0.39, 0.29) is 11.8 Å². The van der Waals surface area contributed by atoms with Gasteiger partial charge in [-0.2, -0.15) is 9.97 Å². The highest BCUT2D eigenvalue weighted by molar-refractivity contribution is 5.84. The second-order valence-electron chi connectivity index (χ2n) is 7.43. The molecule has 8 heteroatoms. The van der Waals surface area contributed by atoms with Gasteiger partial charge in [-0.15, -0.1) is 0 Å². The summed E-state index contributed by atoms with van der Waals surface area (Å²) in [5.74, 6) is 1.19. The first-order valence-electron chi connectivity index (χ1n) is 8.85. The lowest BCUT2D eigenvalue weighted by Gasteiger charge is -2.26. The van der Waals surface area contributed by atoms with Crippen molar-refractivity contribution in [1.29, 1.82) is 0 Å². The molecule has 2 heterocycles. The first-order chi connectivity index (χ1) is 12.6. The molecule has 1 aromatic carbocycles. The molecule has 4 N–H and O–H groups in total. The lowest BCUT2D eigenvalue weighted by Crippen LogP contribution is -2.39. The zero-order chi connectivity index (χ0) is 19.8. The van der Waals surface area contributed by atoms with Gasteiger partial charge in [0.1, 0.15) is 5.75 Å². The van der Waals surface area contributed by atoms with Crippen LogP contribution in [0.15, 0.2) is 24.5 Å². The van der Waals surface area contributed by atoms with E-state index in [0.717, 1.165) is 11.1 Å². The number of rotatable bonds is 6. The van der Waals surface area contributed by atoms with Gasteiger partial charge in [0, 0.05) is 19.2 Å². The van der Waals surface area contributed by atoms with Gasteiger partial charge in [0.15, 0.2) is 17.0 Å². The summed E-state index contributed by atoms with van der Waals surface area (Å²) in [7, 11) is 1.86. The van der Waals surface area contributed by atoms with Crippen LogP contribution in [-0.2, 0) is 13.6 Å². The Bertz CT molecular complexity index is 961. The molecule has 0 radical (unpaired) electrons. The molecule has 2 aromatic heterocycles. The maximum atomic E-state index is 10.2. The van der Waals surface area contributed by atoms with Crippen LogP contribution in [0, 0.1) is 6.92 Å². The summed E-state index contributed by atoms with van der Waals surface area (Å²) in [5, 5.41) is 26.6. The highest BCUT2D eigenvalue weighted by Gasteiger charge is 2.23. The molecule has 0 aliphatic rings. The molecule has 1 unspecified atom stereocenters. The van der Waals surface area contributed by atoms with E-state index in [1.807, 2.05) is 37.6 Å². The van der Waals surface area contributed by atoms with Crippen LogP contribution < -0.4 is 10.6 Å². The Morgan fingerprint density at radius 3 is 2.70 bits per heavy atom. The van der Waals surface area contributed by atoms with Gasteiger partial charge in [0.25, 0.3) is 0 Å². The second kappa shape index (κ2) is 7.03. The molecule has 0 amide bonds. The van der Waals surface area contributed by atoms with Crippen molar-refractivity contribution in [2.24, 2.45) is 7.05 Å². The van der Waals surface area contributed by atoms with Crippen LogP contribution in [0.3, 0.4) is 0 Å². The number of nitrogens with zero attached hydrogens (tertiary/aromatic N) is 4. The molecule has 0 saturated carbocycles. The first-order valence-corrected chi connectivity index (χ1v) is 8.85. The Balaban J connectivity index is 1.92. The van der Waals surface area contributed by atoms with Crippen molar-refractivity contribution in [2.75, 3.05) is 10.6 Å². The SMILES string of the molecule is Cc1ccc(O)c(CNc2nc(NC(C)C(C)(C)O)nc3c2ncn3C)c1. The van der Waals surface area contributed by atoms with E-state index in [0.29, 0.717) is 29.5 Å². The van der Waals surface area contributed by atoms with Crippen LogP contribution in [0.25, 0.3) is 11.2 Å². The van der Waals surface area contributed by atoms with Gasteiger partial charge in [-0.05, 0) is 33.8 Å². The van der Waals surface area contributed by atoms with Crippen LogP contribution in [0.4, 0.5) is 11.8 Å². The fraction of sp³-hybridized carbons (Fsp3) is 0.421. The van der Waals surface area contributed by atoms with Crippen LogP contribution in [0.2, 0.25) is 0 Å². The minimum Gasteiger partial charge on any atom is -0.508 e. The van der Waals surface area contributed by atoms with Crippen LogP contribution in [0.5, 0.6) is 5.75 Å². The van der Waals surface area contributed by atoms with E-state index in [9.17, 15) is 10.2 Å². The fourth-order valence-corrected chi connectivity index (χ4v) is 2.60. The number of aryl methyl sites for hydroxylation is 2. The number of imidazole rings is 1. The number of phenolic OH excluding ortho intramolecular Hbond substituents is 1. The third-order valence-corrected chi connectivity index (χ3v) is 4.65. The summed E-state index contributed by atoms with van der Waals surface area (Å²) < 4.78 is 1.81. The summed E-state index contributed by atoms with van der Waals surface area (Å²) in [5.41, 5.74) is 2.23. The Morgan fingerprint density at radius 2 is 2.00 bits per heavy atom. The number of hydrogen-bond acceptors (Lipinski definition) is 7. The quantitative estimate of drug-likeness (QED) is 0.528. The number of hydrogen-bond donors (Lipinski definition) is 4. The molecule has 0 aliphatic heterocycles. The van der Waals surface area contributed by atoms with E-state index < -0.39 is 5.60 Å². The lowest BCUT2D eigenvalue weighted by atomic mass is 10.0. The van der Waals surface area contributed by atoms with Crippen molar-refractivity contribution in [3.05, 3.63) is 35.7 Å². The molecular weight excluding hydrogens is 344 g/mol. The Kier molecular flexibility index (Phi) is 4.93. The van der Waals surface area contributed by atoms with E-state index in [2.05, 4.69) is 25.6 Å². The molecule has 0 bridgehead atoms.